The molecule has 0 bridgehead atoms. The van der Waals surface area contributed by atoms with Crippen LogP contribution in [0.3, 0.4) is 0 Å². The summed E-state index contributed by atoms with van der Waals surface area (Å²) in [7, 11) is 0. The molecule has 0 radical (unpaired) electrons. The van der Waals surface area contributed by atoms with E-state index in [-0.39, 0.29) is 23.3 Å². The van der Waals surface area contributed by atoms with Gasteiger partial charge in [0, 0.05) is 25.2 Å². The molecular formula is C23H34O4. The number of hydrogen-bond donors (Lipinski definition) is 0. The average molecular weight is 375 g/mol. The molecule has 0 unspecified atom stereocenters. The molecule has 3 saturated carbocycles. The number of esters is 1. The molecule has 1 heterocycles. The third-order valence-corrected chi connectivity index (χ3v) is 9.15. The van der Waals surface area contributed by atoms with Crippen LogP contribution in [-0.4, -0.2) is 31.1 Å². The first-order chi connectivity index (χ1) is 12.9. The monoisotopic (exact) mass is 374 g/mol. The van der Waals surface area contributed by atoms with Crippen LogP contribution in [0.25, 0.3) is 0 Å². The Morgan fingerprint density at radius 2 is 1.85 bits per heavy atom. The summed E-state index contributed by atoms with van der Waals surface area (Å²) in [4.78, 5) is 11.6. The van der Waals surface area contributed by atoms with Gasteiger partial charge in [0.2, 0.25) is 0 Å². The van der Waals surface area contributed by atoms with Crippen molar-refractivity contribution in [1.82, 2.24) is 0 Å². The quantitative estimate of drug-likeness (QED) is 0.496. The molecule has 0 aromatic rings. The van der Waals surface area contributed by atoms with Crippen LogP contribution >= 0.6 is 0 Å². The molecule has 4 fully saturated rings. The molecular weight excluding hydrogens is 340 g/mol. The Kier molecular flexibility index (Phi) is 4.08. The first-order valence-corrected chi connectivity index (χ1v) is 11.0. The molecule has 1 spiro atoms. The summed E-state index contributed by atoms with van der Waals surface area (Å²) in [6, 6.07) is 0. The van der Waals surface area contributed by atoms with E-state index in [9.17, 15) is 4.79 Å². The molecule has 4 nitrogen and oxygen atoms in total. The molecule has 4 heteroatoms. The maximum atomic E-state index is 11.6. The Bertz CT molecular complexity index is 663. The lowest BCUT2D eigenvalue weighted by Crippen LogP contribution is -2.53. The summed E-state index contributed by atoms with van der Waals surface area (Å²) >= 11 is 0. The summed E-state index contributed by atoms with van der Waals surface area (Å²) in [6.07, 6.45) is 11.7. The maximum Gasteiger partial charge on any atom is 0.302 e. The predicted octanol–water partition coefficient (Wildman–Crippen LogP) is 4.62. The molecule has 0 amide bonds. The summed E-state index contributed by atoms with van der Waals surface area (Å²) in [6.45, 7) is 7.96. The predicted molar refractivity (Wildman–Crippen MR) is 102 cm³/mol. The Morgan fingerprint density at radius 3 is 2.59 bits per heavy atom. The number of carbonyl (C=O) groups excluding carboxylic acids is 1. The summed E-state index contributed by atoms with van der Waals surface area (Å²) in [5.74, 6) is 1.73. The number of rotatable bonds is 1. The van der Waals surface area contributed by atoms with E-state index in [4.69, 9.17) is 14.2 Å². The lowest BCUT2D eigenvalue weighted by Gasteiger charge is -2.58. The third kappa shape index (κ3) is 2.58. The van der Waals surface area contributed by atoms with Gasteiger partial charge in [0.1, 0.15) is 6.10 Å². The molecule has 5 rings (SSSR count). The summed E-state index contributed by atoms with van der Waals surface area (Å²) < 4.78 is 17.8. The van der Waals surface area contributed by atoms with Crippen molar-refractivity contribution in [3.8, 4) is 0 Å². The number of ether oxygens (including phenoxy) is 3. The van der Waals surface area contributed by atoms with E-state index in [2.05, 4.69) is 19.9 Å². The zero-order valence-corrected chi connectivity index (χ0v) is 17.1. The van der Waals surface area contributed by atoms with Gasteiger partial charge in [0.05, 0.1) is 13.2 Å². The molecule has 27 heavy (non-hydrogen) atoms. The van der Waals surface area contributed by atoms with Crippen molar-refractivity contribution in [3.63, 3.8) is 0 Å². The van der Waals surface area contributed by atoms with E-state index in [0.717, 1.165) is 44.3 Å². The molecule has 0 aromatic carbocycles. The topological polar surface area (TPSA) is 44.8 Å². The van der Waals surface area contributed by atoms with Crippen molar-refractivity contribution < 1.29 is 19.0 Å². The van der Waals surface area contributed by atoms with E-state index in [1.165, 1.54) is 32.1 Å². The molecule has 150 valence electrons. The van der Waals surface area contributed by atoms with Gasteiger partial charge in [-0.2, -0.15) is 0 Å². The second kappa shape index (κ2) is 6.06. The number of carbonyl (C=O) groups is 1. The molecule has 6 atom stereocenters. The highest BCUT2D eigenvalue weighted by Gasteiger charge is 2.61. The van der Waals surface area contributed by atoms with Crippen LogP contribution < -0.4 is 0 Å². The first-order valence-electron chi connectivity index (χ1n) is 11.0. The second-order valence-corrected chi connectivity index (χ2v) is 10.3. The van der Waals surface area contributed by atoms with E-state index in [1.807, 2.05) is 0 Å². The van der Waals surface area contributed by atoms with Crippen molar-refractivity contribution in [2.24, 2.45) is 28.6 Å². The number of allylic oxidation sites excluding steroid dienone is 1. The zero-order valence-electron chi connectivity index (χ0n) is 17.1. The van der Waals surface area contributed by atoms with Gasteiger partial charge in [-0.3, -0.25) is 4.79 Å². The van der Waals surface area contributed by atoms with Crippen LogP contribution in [0.15, 0.2) is 11.6 Å². The van der Waals surface area contributed by atoms with Crippen molar-refractivity contribution >= 4 is 5.97 Å². The van der Waals surface area contributed by atoms with E-state index in [1.54, 1.807) is 12.5 Å². The summed E-state index contributed by atoms with van der Waals surface area (Å²) in [5.41, 5.74) is 2.06. The number of hydrogen-bond acceptors (Lipinski definition) is 4. The lowest BCUT2D eigenvalue weighted by molar-refractivity contribution is -0.186. The van der Waals surface area contributed by atoms with Crippen molar-refractivity contribution in [2.75, 3.05) is 13.2 Å². The van der Waals surface area contributed by atoms with Crippen LogP contribution in [0, 0.1) is 28.6 Å². The van der Waals surface area contributed by atoms with Gasteiger partial charge in [0.15, 0.2) is 5.79 Å². The summed E-state index contributed by atoms with van der Waals surface area (Å²) in [5, 5.41) is 0. The van der Waals surface area contributed by atoms with E-state index in [0.29, 0.717) is 11.3 Å². The largest absolute Gasteiger partial charge is 0.462 e. The fourth-order valence-corrected chi connectivity index (χ4v) is 7.69. The Morgan fingerprint density at radius 1 is 1.07 bits per heavy atom. The Hall–Kier alpha value is -0.870. The minimum atomic E-state index is -0.324. The Balaban J connectivity index is 1.41. The van der Waals surface area contributed by atoms with E-state index >= 15 is 0 Å². The molecule has 1 saturated heterocycles. The van der Waals surface area contributed by atoms with Gasteiger partial charge in [-0.15, -0.1) is 0 Å². The molecule has 0 aromatic heterocycles. The van der Waals surface area contributed by atoms with Crippen LogP contribution in [0.2, 0.25) is 0 Å². The van der Waals surface area contributed by atoms with Crippen LogP contribution in [0.1, 0.15) is 72.1 Å². The smallest absolute Gasteiger partial charge is 0.302 e. The van der Waals surface area contributed by atoms with Crippen molar-refractivity contribution in [3.05, 3.63) is 11.6 Å². The van der Waals surface area contributed by atoms with Crippen LogP contribution in [0.4, 0.5) is 0 Å². The minimum absolute atomic E-state index is 0.115. The third-order valence-electron chi connectivity index (χ3n) is 9.15. The van der Waals surface area contributed by atoms with Crippen molar-refractivity contribution in [2.45, 2.75) is 84.0 Å². The average Bonchev–Trinajstić information content (AvgIpc) is 3.21. The highest BCUT2D eigenvalue weighted by Crippen LogP contribution is 2.66. The van der Waals surface area contributed by atoms with Gasteiger partial charge in [-0.25, -0.2) is 0 Å². The Labute approximate surface area is 163 Å². The fraction of sp³-hybridized carbons (Fsp3) is 0.870. The van der Waals surface area contributed by atoms with E-state index < -0.39 is 0 Å². The number of fused-ring (bicyclic) bond motifs is 5. The minimum Gasteiger partial charge on any atom is -0.462 e. The SMILES string of the molecule is CC(=O)O[C@H]1CC[C@@H]2[C@@H]3CC=C4CC5(CC[C@]4(C)[C@H]3CC[C@]12C)OCCO5. The van der Waals surface area contributed by atoms with Gasteiger partial charge in [0.25, 0.3) is 0 Å². The van der Waals surface area contributed by atoms with Crippen molar-refractivity contribution in [1.29, 1.82) is 0 Å². The first kappa shape index (κ1) is 18.2. The normalized spacial score (nSPS) is 47.7. The zero-order chi connectivity index (χ0) is 18.9. The molecule has 1 aliphatic heterocycles. The van der Waals surface area contributed by atoms with Crippen LogP contribution in [-0.2, 0) is 19.0 Å². The van der Waals surface area contributed by atoms with Crippen LogP contribution in [0.5, 0.6) is 0 Å². The second-order valence-electron chi connectivity index (χ2n) is 10.3. The highest BCUT2D eigenvalue weighted by molar-refractivity contribution is 5.66. The molecule has 5 aliphatic rings. The van der Waals surface area contributed by atoms with Gasteiger partial charge >= 0.3 is 5.97 Å². The maximum absolute atomic E-state index is 11.6. The van der Waals surface area contributed by atoms with Gasteiger partial charge < -0.3 is 14.2 Å². The fourth-order valence-electron chi connectivity index (χ4n) is 7.69. The molecule has 0 N–H and O–H groups in total. The molecule has 4 aliphatic carbocycles. The lowest BCUT2D eigenvalue weighted by atomic mass is 9.47. The standard InChI is InChI=1S/C23H34O4/c1-15(24)27-20-7-6-18-17-5-4-16-14-23(25-12-13-26-23)11-10-21(16,2)19(17)8-9-22(18,20)3/h4,17-20H,5-14H2,1-3H3/t17-,18+,19-,20-,21-,22-/m0/s1. The van der Waals surface area contributed by atoms with Gasteiger partial charge in [-0.05, 0) is 61.7 Å². The highest BCUT2D eigenvalue weighted by atomic mass is 16.7. The van der Waals surface area contributed by atoms with Gasteiger partial charge in [-0.1, -0.05) is 25.5 Å².